The Morgan fingerprint density at radius 2 is 0.786 bits per heavy atom. The van der Waals surface area contributed by atoms with Crippen molar-refractivity contribution in [3.05, 3.63) is 107 Å². The number of rotatable bonds is 10. The summed E-state index contributed by atoms with van der Waals surface area (Å²) in [5.74, 6) is -2.79. The summed E-state index contributed by atoms with van der Waals surface area (Å²) in [5, 5.41) is 0. The predicted molar refractivity (Wildman–Crippen MR) is 153 cm³/mol. The van der Waals surface area contributed by atoms with Gasteiger partial charge in [0, 0.05) is 12.1 Å². The van der Waals surface area contributed by atoms with Gasteiger partial charge < -0.3 is 12.5 Å². The lowest BCUT2D eigenvalue weighted by Crippen LogP contribution is -2.16. The molecule has 0 heterocycles. The Morgan fingerprint density at radius 3 is 1.07 bits per heavy atom. The zero-order chi connectivity index (χ0) is 30.9. The van der Waals surface area contributed by atoms with E-state index in [1.54, 1.807) is 32.9 Å². The molecule has 0 N–H and O–H groups in total. The van der Waals surface area contributed by atoms with Crippen molar-refractivity contribution < 1.29 is 42.6 Å². The zero-order valence-corrected chi connectivity index (χ0v) is 25.3. The van der Waals surface area contributed by atoms with Gasteiger partial charge in [0.2, 0.25) is 0 Å². The molecule has 0 atom stereocenters. The molecule has 0 fully saturated rings. The van der Waals surface area contributed by atoms with Gasteiger partial charge in [-0.1, -0.05) is 53.1 Å². The summed E-state index contributed by atoms with van der Waals surface area (Å²) < 4.78 is 94.4. The molecule has 0 aliphatic heterocycles. The SMILES string of the molecule is CC(=O)c1c(OS(=O)(=O)c2ccc(C)cc2)cc(OS(=O)(=O)c2ccc(C)cc2)cc1OS(=O)(=O)c1ccc(C)cc1. The van der Waals surface area contributed by atoms with E-state index in [0.717, 1.165) is 35.7 Å². The highest BCUT2D eigenvalue weighted by Gasteiger charge is 2.29. The van der Waals surface area contributed by atoms with Gasteiger partial charge in [-0.05, 0) is 64.1 Å². The van der Waals surface area contributed by atoms with Crippen molar-refractivity contribution in [3.63, 3.8) is 0 Å². The average molecular weight is 631 g/mol. The Bertz CT molecular complexity index is 1860. The molecule has 0 unspecified atom stereocenters. The maximum atomic E-state index is 13.1. The van der Waals surface area contributed by atoms with E-state index < -0.39 is 58.9 Å². The Hall–Kier alpha value is -4.20. The van der Waals surface area contributed by atoms with Crippen LogP contribution in [-0.4, -0.2) is 31.0 Å². The third-order valence-electron chi connectivity index (χ3n) is 5.93. The molecular formula is C29H26O10S3. The fourth-order valence-corrected chi connectivity index (χ4v) is 6.50. The normalized spacial score (nSPS) is 12.0. The molecular weight excluding hydrogens is 605 g/mol. The largest absolute Gasteiger partial charge is 0.379 e. The summed E-state index contributed by atoms with van der Waals surface area (Å²) in [6, 6.07) is 18.6. The number of benzene rings is 4. The lowest BCUT2D eigenvalue weighted by molar-refractivity contribution is 0.101. The fourth-order valence-electron chi connectivity index (χ4n) is 3.71. The molecule has 0 spiro atoms. The minimum Gasteiger partial charge on any atom is -0.379 e. The van der Waals surface area contributed by atoms with E-state index in [1.807, 2.05) is 0 Å². The summed E-state index contributed by atoms with van der Waals surface area (Å²) >= 11 is 0. The van der Waals surface area contributed by atoms with Crippen molar-refractivity contribution in [3.8, 4) is 17.2 Å². The third kappa shape index (κ3) is 6.98. The van der Waals surface area contributed by atoms with Crippen molar-refractivity contribution in [2.24, 2.45) is 0 Å². The standard InChI is InChI=1S/C29H26O10S3/c1-19-5-11-24(12-6-19)40(31,32)37-23-17-27(38-41(33,34)25-13-7-20(2)8-14-25)29(22(4)30)28(18-23)39-42(35,36)26-15-9-21(3)10-16-26/h5-18H,1-4H3. The first-order valence-electron chi connectivity index (χ1n) is 12.3. The van der Waals surface area contributed by atoms with Gasteiger partial charge in [0.25, 0.3) is 0 Å². The maximum Gasteiger partial charge on any atom is 0.339 e. The van der Waals surface area contributed by atoms with Gasteiger partial charge in [0.05, 0.1) is 0 Å². The number of carbonyl (C=O) groups is 1. The third-order valence-corrected chi connectivity index (χ3v) is 9.68. The lowest BCUT2D eigenvalue weighted by Gasteiger charge is -2.17. The minimum absolute atomic E-state index is 0.228. The number of hydrogen-bond donors (Lipinski definition) is 0. The van der Waals surface area contributed by atoms with Crippen molar-refractivity contribution in [1.29, 1.82) is 0 Å². The Kier molecular flexibility index (Phi) is 8.48. The molecule has 0 aliphatic rings. The van der Waals surface area contributed by atoms with E-state index in [4.69, 9.17) is 12.5 Å². The van der Waals surface area contributed by atoms with Gasteiger partial charge in [0.1, 0.15) is 20.2 Å². The molecule has 10 nitrogen and oxygen atoms in total. The Labute approximate surface area is 244 Å². The van der Waals surface area contributed by atoms with Gasteiger partial charge >= 0.3 is 30.4 Å². The quantitative estimate of drug-likeness (QED) is 0.171. The molecule has 42 heavy (non-hydrogen) atoms. The highest BCUT2D eigenvalue weighted by atomic mass is 32.2. The van der Waals surface area contributed by atoms with Crippen molar-refractivity contribution in [2.45, 2.75) is 42.4 Å². The van der Waals surface area contributed by atoms with E-state index in [9.17, 15) is 30.0 Å². The lowest BCUT2D eigenvalue weighted by atomic mass is 10.1. The first kappa shape index (κ1) is 30.8. The molecule has 0 bridgehead atoms. The minimum atomic E-state index is -4.58. The molecule has 4 rings (SSSR count). The van der Waals surface area contributed by atoms with Crippen molar-refractivity contribution in [1.82, 2.24) is 0 Å². The summed E-state index contributed by atoms with van der Waals surface area (Å²) in [7, 11) is -13.7. The summed E-state index contributed by atoms with van der Waals surface area (Å²) in [6.45, 7) is 6.29. The van der Waals surface area contributed by atoms with Crippen LogP contribution in [-0.2, 0) is 30.4 Å². The number of aryl methyl sites for hydroxylation is 3. The van der Waals surface area contributed by atoms with Crippen LogP contribution in [0.4, 0.5) is 0 Å². The molecule has 0 aliphatic carbocycles. The van der Waals surface area contributed by atoms with Crippen LogP contribution in [0.5, 0.6) is 17.2 Å². The molecule has 0 saturated heterocycles. The Balaban J connectivity index is 1.87. The monoisotopic (exact) mass is 630 g/mol. The van der Waals surface area contributed by atoms with Crippen LogP contribution in [0.15, 0.2) is 99.6 Å². The van der Waals surface area contributed by atoms with Crippen LogP contribution in [0, 0.1) is 20.8 Å². The first-order valence-corrected chi connectivity index (χ1v) is 16.5. The van der Waals surface area contributed by atoms with Crippen molar-refractivity contribution >= 4 is 36.1 Å². The molecule has 220 valence electrons. The van der Waals surface area contributed by atoms with Gasteiger partial charge in [-0.2, -0.15) is 25.3 Å². The molecule has 0 aromatic heterocycles. The molecule has 0 amide bonds. The summed E-state index contributed by atoms with van der Waals surface area (Å²) in [5.41, 5.74) is 1.76. The number of carbonyl (C=O) groups excluding carboxylic acids is 1. The second-order valence-electron chi connectivity index (χ2n) is 9.40. The van der Waals surface area contributed by atoms with Crippen LogP contribution in [0.25, 0.3) is 0 Å². The van der Waals surface area contributed by atoms with Crippen LogP contribution in [0.2, 0.25) is 0 Å². The summed E-state index contributed by atoms with van der Waals surface area (Å²) in [6.07, 6.45) is 0. The highest BCUT2D eigenvalue weighted by Crippen LogP contribution is 2.38. The maximum absolute atomic E-state index is 13.1. The molecule has 0 saturated carbocycles. The average Bonchev–Trinajstić information content (AvgIpc) is 2.88. The summed E-state index contributed by atoms with van der Waals surface area (Å²) in [4.78, 5) is 12.0. The van der Waals surface area contributed by atoms with E-state index >= 15 is 0 Å². The number of ketones is 1. The van der Waals surface area contributed by atoms with Crippen molar-refractivity contribution in [2.75, 3.05) is 0 Å². The smallest absolute Gasteiger partial charge is 0.339 e. The zero-order valence-electron chi connectivity index (χ0n) is 22.9. The highest BCUT2D eigenvalue weighted by molar-refractivity contribution is 7.87. The first-order chi connectivity index (χ1) is 19.6. The second kappa shape index (κ2) is 11.6. The van der Waals surface area contributed by atoms with Crippen LogP contribution >= 0.6 is 0 Å². The van der Waals surface area contributed by atoms with E-state index in [-0.39, 0.29) is 14.7 Å². The van der Waals surface area contributed by atoms with E-state index in [0.29, 0.717) is 0 Å². The van der Waals surface area contributed by atoms with Gasteiger partial charge in [-0.15, -0.1) is 0 Å². The van der Waals surface area contributed by atoms with Gasteiger partial charge in [-0.25, -0.2) is 0 Å². The van der Waals surface area contributed by atoms with E-state index in [1.165, 1.54) is 60.7 Å². The molecule has 13 heteroatoms. The van der Waals surface area contributed by atoms with Gasteiger partial charge in [-0.3, -0.25) is 4.79 Å². The molecule has 4 aromatic carbocycles. The second-order valence-corrected chi connectivity index (χ2v) is 14.0. The molecule has 4 aromatic rings. The fraction of sp³-hybridized carbons (Fsp3) is 0.138. The van der Waals surface area contributed by atoms with Crippen LogP contribution < -0.4 is 12.5 Å². The number of hydrogen-bond acceptors (Lipinski definition) is 10. The van der Waals surface area contributed by atoms with E-state index in [2.05, 4.69) is 0 Å². The topological polar surface area (TPSA) is 147 Å². The molecule has 0 radical (unpaired) electrons. The van der Waals surface area contributed by atoms with Crippen LogP contribution in [0.3, 0.4) is 0 Å². The van der Waals surface area contributed by atoms with Crippen LogP contribution in [0.1, 0.15) is 34.0 Å². The Morgan fingerprint density at radius 1 is 0.500 bits per heavy atom. The number of Topliss-reactive ketones (excluding diaryl/α,β-unsaturated/α-hetero) is 1. The van der Waals surface area contributed by atoms with Gasteiger partial charge in [0.15, 0.2) is 23.0 Å². The predicted octanol–water partition coefficient (Wildman–Crippen LogP) is 5.12.